The molecule has 0 saturated carbocycles. The van der Waals surface area contributed by atoms with E-state index in [1.54, 1.807) is 31.2 Å². The van der Waals surface area contributed by atoms with Crippen molar-refractivity contribution < 1.29 is 23.2 Å². The molecule has 0 spiro atoms. The molecule has 0 aliphatic rings. The first-order chi connectivity index (χ1) is 16.7. The van der Waals surface area contributed by atoms with Gasteiger partial charge in [0.1, 0.15) is 28.5 Å². The number of benzene rings is 3. The number of rotatable bonds is 7. The highest BCUT2D eigenvalue weighted by Crippen LogP contribution is 2.33. The first kappa shape index (κ1) is 21.1. The maximum Gasteiger partial charge on any atom is 0.338 e. The molecule has 0 saturated heterocycles. The maximum absolute atomic E-state index is 12.6. The Kier molecular flexibility index (Phi) is 5.85. The third kappa shape index (κ3) is 4.56. The molecule has 0 aliphatic heterocycles. The highest BCUT2D eigenvalue weighted by Gasteiger charge is 2.22. The molecule has 2 aromatic heterocycles. The summed E-state index contributed by atoms with van der Waals surface area (Å²) in [5.74, 6) is 1.59. The predicted molar refractivity (Wildman–Crippen MR) is 122 cm³/mol. The van der Waals surface area contributed by atoms with Gasteiger partial charge in [0.05, 0.1) is 5.56 Å². The van der Waals surface area contributed by atoms with Crippen molar-refractivity contribution in [2.24, 2.45) is 0 Å². The second-order valence-corrected chi connectivity index (χ2v) is 7.35. The van der Waals surface area contributed by atoms with Crippen LogP contribution in [-0.4, -0.2) is 21.3 Å². The fraction of sp³-hybridized carbons (Fsp3) is 0.0769. The summed E-state index contributed by atoms with van der Waals surface area (Å²) in [5, 5.41) is 12.2. The third-order valence-electron chi connectivity index (χ3n) is 4.97. The summed E-state index contributed by atoms with van der Waals surface area (Å²) < 4.78 is 22.2. The smallest absolute Gasteiger partial charge is 0.338 e. The predicted octanol–water partition coefficient (Wildman–Crippen LogP) is 5.85. The van der Waals surface area contributed by atoms with Crippen LogP contribution in [0, 0.1) is 6.92 Å². The average Bonchev–Trinajstić information content (AvgIpc) is 3.50. The standard InChI is InChI=1S/C26H19N3O5/c1-17-23(24(29-34-17)18-9-4-2-5-10-18)25-28-27-22(33-25)16-31-26(30)19-11-8-14-21(15-19)32-20-12-6-3-7-13-20/h2-15H,16H2,1H3. The third-order valence-corrected chi connectivity index (χ3v) is 4.97. The zero-order chi connectivity index (χ0) is 23.3. The van der Waals surface area contributed by atoms with Gasteiger partial charge in [-0.3, -0.25) is 0 Å². The number of carbonyl (C=O) groups excluding carboxylic acids is 1. The Morgan fingerprint density at radius 2 is 1.62 bits per heavy atom. The molecule has 0 N–H and O–H groups in total. The van der Waals surface area contributed by atoms with Gasteiger partial charge in [-0.2, -0.15) is 0 Å². The van der Waals surface area contributed by atoms with E-state index < -0.39 is 5.97 Å². The van der Waals surface area contributed by atoms with Gasteiger partial charge in [-0.1, -0.05) is 59.8 Å². The number of esters is 1. The lowest BCUT2D eigenvalue weighted by molar-refractivity contribution is 0.0438. The zero-order valence-corrected chi connectivity index (χ0v) is 18.2. The molecule has 8 heteroatoms. The van der Waals surface area contributed by atoms with Crippen LogP contribution in [0.3, 0.4) is 0 Å². The summed E-state index contributed by atoms with van der Waals surface area (Å²) in [6, 6.07) is 25.6. The molecule has 0 aliphatic carbocycles. The summed E-state index contributed by atoms with van der Waals surface area (Å²) in [4.78, 5) is 12.6. The zero-order valence-electron chi connectivity index (χ0n) is 18.2. The summed E-state index contributed by atoms with van der Waals surface area (Å²) in [6.07, 6.45) is 0. The molecule has 34 heavy (non-hydrogen) atoms. The Morgan fingerprint density at radius 1 is 0.882 bits per heavy atom. The van der Waals surface area contributed by atoms with Crippen molar-refractivity contribution in [1.82, 2.24) is 15.4 Å². The molecule has 168 valence electrons. The molecule has 8 nitrogen and oxygen atoms in total. The van der Waals surface area contributed by atoms with Crippen LogP contribution in [0.4, 0.5) is 0 Å². The molecule has 0 unspecified atom stereocenters. The van der Waals surface area contributed by atoms with Crippen LogP contribution in [0.15, 0.2) is 93.9 Å². The summed E-state index contributed by atoms with van der Waals surface area (Å²) in [5.41, 5.74) is 2.40. The Morgan fingerprint density at radius 3 is 2.41 bits per heavy atom. The molecule has 0 fully saturated rings. The van der Waals surface area contributed by atoms with Crippen LogP contribution < -0.4 is 4.74 Å². The van der Waals surface area contributed by atoms with Gasteiger partial charge >= 0.3 is 5.97 Å². The second-order valence-electron chi connectivity index (χ2n) is 7.35. The van der Waals surface area contributed by atoms with Crippen LogP contribution in [0.2, 0.25) is 0 Å². The number of nitrogens with zero attached hydrogens (tertiary/aromatic N) is 3. The molecule has 3 aromatic carbocycles. The number of aryl methyl sites for hydroxylation is 1. The van der Waals surface area contributed by atoms with Gasteiger partial charge in [-0.05, 0) is 37.3 Å². The van der Waals surface area contributed by atoms with Crippen LogP contribution in [0.5, 0.6) is 11.5 Å². The number of hydrogen-bond donors (Lipinski definition) is 0. The molecular weight excluding hydrogens is 434 g/mol. The first-order valence-electron chi connectivity index (χ1n) is 10.5. The van der Waals surface area contributed by atoms with Crippen molar-refractivity contribution >= 4 is 5.97 Å². The summed E-state index contributed by atoms with van der Waals surface area (Å²) in [7, 11) is 0. The Bertz CT molecular complexity index is 1410. The molecule has 5 aromatic rings. The summed E-state index contributed by atoms with van der Waals surface area (Å²) >= 11 is 0. The van der Waals surface area contributed by atoms with Gasteiger partial charge in [0, 0.05) is 5.56 Å². The molecule has 0 amide bonds. The van der Waals surface area contributed by atoms with Crippen molar-refractivity contribution in [2.45, 2.75) is 13.5 Å². The van der Waals surface area contributed by atoms with E-state index in [0.29, 0.717) is 34.1 Å². The quantitative estimate of drug-likeness (QED) is 0.283. The first-order valence-corrected chi connectivity index (χ1v) is 10.5. The van der Waals surface area contributed by atoms with E-state index in [4.69, 9.17) is 18.4 Å². The van der Waals surface area contributed by atoms with Gasteiger partial charge in [0.25, 0.3) is 11.8 Å². The lowest BCUT2D eigenvalue weighted by Crippen LogP contribution is -2.05. The van der Waals surface area contributed by atoms with Gasteiger partial charge in [0.15, 0.2) is 6.61 Å². The normalized spacial score (nSPS) is 10.7. The second kappa shape index (κ2) is 9.41. The minimum Gasteiger partial charge on any atom is -0.457 e. The molecule has 0 atom stereocenters. The minimum absolute atomic E-state index is 0.152. The van der Waals surface area contributed by atoms with Crippen molar-refractivity contribution in [1.29, 1.82) is 0 Å². The van der Waals surface area contributed by atoms with Crippen molar-refractivity contribution in [2.75, 3.05) is 0 Å². The number of hydrogen-bond acceptors (Lipinski definition) is 8. The number of para-hydroxylation sites is 1. The van der Waals surface area contributed by atoms with Crippen LogP contribution >= 0.6 is 0 Å². The van der Waals surface area contributed by atoms with E-state index in [2.05, 4.69) is 15.4 Å². The van der Waals surface area contributed by atoms with Crippen molar-refractivity contribution in [3.8, 4) is 34.2 Å². The SMILES string of the molecule is Cc1onc(-c2ccccc2)c1-c1nnc(COC(=O)c2cccc(Oc3ccccc3)c2)o1. The van der Waals surface area contributed by atoms with Crippen molar-refractivity contribution in [3.05, 3.63) is 102 Å². The van der Waals surface area contributed by atoms with Crippen LogP contribution in [0.25, 0.3) is 22.7 Å². The van der Waals surface area contributed by atoms with E-state index in [1.807, 2.05) is 60.7 Å². The Labute approximate surface area is 194 Å². The van der Waals surface area contributed by atoms with E-state index in [1.165, 1.54) is 0 Å². The van der Waals surface area contributed by atoms with Gasteiger partial charge in [0.2, 0.25) is 0 Å². The largest absolute Gasteiger partial charge is 0.457 e. The number of aromatic nitrogens is 3. The van der Waals surface area contributed by atoms with Crippen molar-refractivity contribution in [3.63, 3.8) is 0 Å². The van der Waals surface area contributed by atoms with Gasteiger partial charge in [-0.25, -0.2) is 4.79 Å². The molecule has 0 radical (unpaired) electrons. The molecule has 5 rings (SSSR count). The molecule has 2 heterocycles. The fourth-order valence-electron chi connectivity index (χ4n) is 3.35. The highest BCUT2D eigenvalue weighted by molar-refractivity contribution is 5.89. The highest BCUT2D eigenvalue weighted by atomic mass is 16.5. The van der Waals surface area contributed by atoms with Gasteiger partial charge < -0.3 is 18.4 Å². The number of ether oxygens (including phenoxy) is 2. The average molecular weight is 453 g/mol. The fourth-order valence-corrected chi connectivity index (χ4v) is 3.35. The van der Waals surface area contributed by atoms with Gasteiger partial charge in [-0.15, -0.1) is 10.2 Å². The number of carbonyl (C=O) groups is 1. The Balaban J connectivity index is 1.27. The molecule has 0 bridgehead atoms. The molecular formula is C26H19N3O5. The minimum atomic E-state index is -0.538. The van der Waals surface area contributed by atoms with E-state index in [-0.39, 0.29) is 18.4 Å². The Hall–Kier alpha value is -4.72. The lowest BCUT2D eigenvalue weighted by Gasteiger charge is -2.07. The monoisotopic (exact) mass is 453 g/mol. The van der Waals surface area contributed by atoms with E-state index in [9.17, 15) is 4.79 Å². The van der Waals surface area contributed by atoms with E-state index >= 15 is 0 Å². The van der Waals surface area contributed by atoms with Crippen LogP contribution in [-0.2, 0) is 11.3 Å². The topological polar surface area (TPSA) is 100 Å². The van der Waals surface area contributed by atoms with E-state index in [0.717, 1.165) is 5.56 Å². The summed E-state index contributed by atoms with van der Waals surface area (Å²) in [6.45, 7) is 1.59. The lowest BCUT2D eigenvalue weighted by atomic mass is 10.1. The maximum atomic E-state index is 12.6. The van der Waals surface area contributed by atoms with Crippen LogP contribution in [0.1, 0.15) is 22.0 Å².